The second-order valence-corrected chi connectivity index (χ2v) is 7.70. The summed E-state index contributed by atoms with van der Waals surface area (Å²) in [6.07, 6.45) is 3.41. The van der Waals surface area contributed by atoms with Crippen LogP contribution in [0.5, 0.6) is 0 Å². The van der Waals surface area contributed by atoms with Crippen LogP contribution in [0.1, 0.15) is 22.5 Å². The second kappa shape index (κ2) is 7.69. The standard InChI is InChI=1S/C24H18FN7O/c1-15-29-30-24-28-23(22-19(25)5-3-7-21(22)32(15)24)31-10-11-33-14-18-17(4-2-6-20(18)31)9-8-16-12-26-27-13-16/h2-7,12-13H,10-11,14H2,1H3,(H,26,27). The van der Waals surface area contributed by atoms with Gasteiger partial charge >= 0.3 is 0 Å². The largest absolute Gasteiger partial charge is 0.375 e. The Morgan fingerprint density at radius 1 is 1.12 bits per heavy atom. The fourth-order valence-electron chi connectivity index (χ4n) is 4.20. The van der Waals surface area contributed by atoms with Crippen molar-refractivity contribution in [2.75, 3.05) is 18.1 Å². The van der Waals surface area contributed by atoms with E-state index in [9.17, 15) is 0 Å². The summed E-state index contributed by atoms with van der Waals surface area (Å²) < 4.78 is 22.9. The van der Waals surface area contributed by atoms with Crippen molar-refractivity contribution >= 4 is 28.2 Å². The van der Waals surface area contributed by atoms with Crippen molar-refractivity contribution < 1.29 is 9.13 Å². The van der Waals surface area contributed by atoms with Crippen LogP contribution in [-0.2, 0) is 11.3 Å². The molecule has 9 heteroatoms. The predicted octanol–water partition coefficient (Wildman–Crippen LogP) is 3.52. The molecule has 2 aromatic carbocycles. The molecule has 0 bridgehead atoms. The lowest BCUT2D eigenvalue weighted by molar-refractivity contribution is 0.133. The number of hydrogen-bond donors (Lipinski definition) is 1. The Balaban J connectivity index is 1.58. The van der Waals surface area contributed by atoms with Crippen molar-refractivity contribution in [3.63, 3.8) is 0 Å². The normalized spacial score (nSPS) is 13.6. The number of anilines is 2. The Bertz CT molecular complexity index is 1560. The van der Waals surface area contributed by atoms with Crippen LogP contribution in [0.4, 0.5) is 15.9 Å². The number of nitrogens with one attached hydrogen (secondary N) is 1. The third-order valence-corrected chi connectivity index (χ3v) is 5.71. The van der Waals surface area contributed by atoms with E-state index < -0.39 is 0 Å². The van der Waals surface area contributed by atoms with E-state index in [-0.39, 0.29) is 5.82 Å². The smallest absolute Gasteiger partial charge is 0.257 e. The van der Waals surface area contributed by atoms with E-state index in [1.165, 1.54) is 6.07 Å². The van der Waals surface area contributed by atoms with Crippen molar-refractivity contribution in [2.24, 2.45) is 0 Å². The van der Waals surface area contributed by atoms with Gasteiger partial charge in [-0.2, -0.15) is 10.1 Å². The van der Waals surface area contributed by atoms with Gasteiger partial charge in [-0.25, -0.2) is 4.39 Å². The molecule has 6 rings (SSSR count). The number of fused-ring (bicyclic) bond motifs is 4. The molecule has 4 heterocycles. The molecule has 0 fully saturated rings. The van der Waals surface area contributed by atoms with Gasteiger partial charge in [-0.05, 0) is 31.2 Å². The molecule has 162 valence electrons. The van der Waals surface area contributed by atoms with Gasteiger partial charge < -0.3 is 9.64 Å². The van der Waals surface area contributed by atoms with Gasteiger partial charge in [0.1, 0.15) is 17.5 Å². The van der Waals surface area contributed by atoms with Crippen LogP contribution in [-0.4, -0.2) is 42.9 Å². The lowest BCUT2D eigenvalue weighted by Crippen LogP contribution is -2.23. The van der Waals surface area contributed by atoms with Crippen molar-refractivity contribution in [1.29, 1.82) is 0 Å². The predicted molar refractivity (Wildman–Crippen MR) is 121 cm³/mol. The minimum absolute atomic E-state index is 0.354. The summed E-state index contributed by atoms with van der Waals surface area (Å²) in [6, 6.07) is 10.9. The Kier molecular flexibility index (Phi) is 4.52. The number of H-pyrrole nitrogens is 1. The van der Waals surface area contributed by atoms with Crippen LogP contribution in [0.3, 0.4) is 0 Å². The molecule has 0 spiro atoms. The highest BCUT2D eigenvalue weighted by Crippen LogP contribution is 2.37. The first-order valence-corrected chi connectivity index (χ1v) is 10.5. The van der Waals surface area contributed by atoms with Crippen LogP contribution < -0.4 is 4.90 Å². The van der Waals surface area contributed by atoms with Crippen LogP contribution in [0.2, 0.25) is 0 Å². The molecular formula is C24H18FN7O. The molecule has 0 aliphatic carbocycles. The summed E-state index contributed by atoms with van der Waals surface area (Å²) in [5, 5.41) is 15.5. The van der Waals surface area contributed by atoms with Crippen molar-refractivity contribution in [3.05, 3.63) is 77.1 Å². The molecule has 0 saturated carbocycles. The molecule has 0 saturated heterocycles. The maximum absolute atomic E-state index is 15.2. The minimum atomic E-state index is -0.354. The molecule has 0 unspecified atom stereocenters. The van der Waals surface area contributed by atoms with Crippen molar-refractivity contribution in [3.8, 4) is 11.8 Å². The summed E-state index contributed by atoms with van der Waals surface area (Å²) in [7, 11) is 0. The zero-order valence-corrected chi connectivity index (χ0v) is 17.7. The lowest BCUT2D eigenvalue weighted by atomic mass is 10.0. The summed E-state index contributed by atoms with van der Waals surface area (Å²) in [5.74, 6) is 7.53. The highest BCUT2D eigenvalue weighted by molar-refractivity contribution is 5.94. The van der Waals surface area contributed by atoms with Crippen molar-refractivity contribution in [2.45, 2.75) is 13.5 Å². The van der Waals surface area contributed by atoms with Crippen LogP contribution >= 0.6 is 0 Å². The van der Waals surface area contributed by atoms with Gasteiger partial charge in [0.05, 0.1) is 35.9 Å². The van der Waals surface area contributed by atoms with Gasteiger partial charge in [0, 0.05) is 29.6 Å². The number of hydrogen-bond acceptors (Lipinski definition) is 6. The SMILES string of the molecule is Cc1nnc2nc(N3CCOCc4c(C#Cc5cn[nH]c5)cccc43)c3c(F)cccc3n12. The summed E-state index contributed by atoms with van der Waals surface area (Å²) in [4.78, 5) is 6.72. The number of aromatic nitrogens is 6. The van der Waals surface area contributed by atoms with E-state index in [4.69, 9.17) is 9.72 Å². The first-order chi connectivity index (χ1) is 16.2. The van der Waals surface area contributed by atoms with Gasteiger partial charge in [0.15, 0.2) is 0 Å². The minimum Gasteiger partial charge on any atom is -0.375 e. The number of aryl methyl sites for hydroxylation is 1. The zero-order chi connectivity index (χ0) is 22.4. The number of nitrogens with zero attached hydrogens (tertiary/aromatic N) is 6. The van der Waals surface area contributed by atoms with Gasteiger partial charge in [-0.1, -0.05) is 24.0 Å². The first-order valence-electron chi connectivity index (χ1n) is 10.5. The Morgan fingerprint density at radius 2 is 2.03 bits per heavy atom. The average Bonchev–Trinajstić information content (AvgIpc) is 3.42. The number of ether oxygens (including phenoxy) is 1. The van der Waals surface area contributed by atoms with E-state index >= 15 is 4.39 Å². The van der Waals surface area contributed by atoms with Crippen LogP contribution in [0.25, 0.3) is 16.7 Å². The van der Waals surface area contributed by atoms with E-state index in [0.29, 0.717) is 48.1 Å². The third kappa shape index (κ3) is 3.20. The van der Waals surface area contributed by atoms with Gasteiger partial charge in [-0.15, -0.1) is 10.2 Å². The molecule has 33 heavy (non-hydrogen) atoms. The number of aromatic amines is 1. The molecule has 8 nitrogen and oxygen atoms in total. The Morgan fingerprint density at radius 3 is 2.91 bits per heavy atom. The summed E-state index contributed by atoms with van der Waals surface area (Å²) >= 11 is 0. The molecule has 1 aliphatic rings. The van der Waals surface area contributed by atoms with E-state index in [2.05, 4.69) is 32.2 Å². The number of rotatable bonds is 1. The first kappa shape index (κ1) is 19.4. The fraction of sp³-hybridized carbons (Fsp3) is 0.167. The topological polar surface area (TPSA) is 84.2 Å². The molecule has 3 aromatic heterocycles. The number of halogens is 1. The maximum Gasteiger partial charge on any atom is 0.257 e. The lowest BCUT2D eigenvalue weighted by Gasteiger charge is -2.25. The molecule has 5 aromatic rings. The van der Waals surface area contributed by atoms with Crippen molar-refractivity contribution in [1.82, 2.24) is 29.8 Å². The van der Waals surface area contributed by atoms with Gasteiger partial charge in [-0.3, -0.25) is 9.50 Å². The van der Waals surface area contributed by atoms with Gasteiger partial charge in [0.25, 0.3) is 5.78 Å². The molecule has 1 aliphatic heterocycles. The van der Waals surface area contributed by atoms with Gasteiger partial charge in [0.2, 0.25) is 0 Å². The molecule has 1 N–H and O–H groups in total. The van der Waals surface area contributed by atoms with E-state index in [1.54, 1.807) is 22.9 Å². The zero-order valence-electron chi connectivity index (χ0n) is 17.7. The highest BCUT2D eigenvalue weighted by Gasteiger charge is 2.25. The fourth-order valence-corrected chi connectivity index (χ4v) is 4.20. The summed E-state index contributed by atoms with van der Waals surface area (Å²) in [6.45, 7) is 3.18. The monoisotopic (exact) mass is 439 g/mol. The molecule has 0 atom stereocenters. The average molecular weight is 439 g/mol. The van der Waals surface area contributed by atoms with Crippen LogP contribution in [0, 0.1) is 24.6 Å². The third-order valence-electron chi connectivity index (χ3n) is 5.71. The quantitative estimate of drug-likeness (QED) is 0.403. The summed E-state index contributed by atoms with van der Waals surface area (Å²) in [5.41, 5.74) is 4.10. The van der Waals surface area contributed by atoms with E-state index in [1.807, 2.05) is 36.1 Å². The second-order valence-electron chi connectivity index (χ2n) is 7.70. The van der Waals surface area contributed by atoms with Crippen LogP contribution in [0.15, 0.2) is 48.8 Å². The highest BCUT2D eigenvalue weighted by atomic mass is 19.1. The number of benzene rings is 2. The Hall–Kier alpha value is -4.29. The molecular weight excluding hydrogens is 421 g/mol. The Labute approximate surface area is 188 Å². The maximum atomic E-state index is 15.2. The van der Waals surface area contributed by atoms with E-state index in [0.717, 1.165) is 22.4 Å². The molecule has 0 radical (unpaired) electrons. The molecule has 0 amide bonds.